The van der Waals surface area contributed by atoms with Gasteiger partial charge in [0.1, 0.15) is 5.82 Å². The van der Waals surface area contributed by atoms with Crippen LogP contribution in [0.4, 0.5) is 4.39 Å². The third-order valence-corrected chi connectivity index (χ3v) is 3.10. The summed E-state index contributed by atoms with van der Waals surface area (Å²) in [7, 11) is 0. The topological polar surface area (TPSA) is 17.8 Å². The summed E-state index contributed by atoms with van der Waals surface area (Å²) in [5, 5.41) is 4.25. The van der Waals surface area contributed by atoms with Crippen molar-refractivity contribution in [2.75, 3.05) is 0 Å². The summed E-state index contributed by atoms with van der Waals surface area (Å²) >= 11 is 3.42. The molecule has 2 nitrogen and oxygen atoms in total. The van der Waals surface area contributed by atoms with Gasteiger partial charge in [-0.3, -0.25) is 4.68 Å². The molecule has 0 atom stereocenters. The second-order valence-corrected chi connectivity index (χ2v) is 5.70. The number of aromatic nitrogens is 2. The van der Waals surface area contributed by atoms with Crippen LogP contribution in [-0.4, -0.2) is 32.8 Å². The molecule has 6 heteroatoms. The van der Waals surface area contributed by atoms with E-state index in [1.807, 2.05) is 25.5 Å². The van der Waals surface area contributed by atoms with Crippen molar-refractivity contribution in [2.24, 2.45) is 0 Å². The van der Waals surface area contributed by atoms with Gasteiger partial charge in [0.05, 0.1) is 5.54 Å². The third-order valence-electron chi connectivity index (χ3n) is 2.41. The van der Waals surface area contributed by atoms with Crippen molar-refractivity contribution in [1.29, 1.82) is 0 Å². The standard InChI is InChI=1S/C13H13BrFN2.ClH.Mg/c1-13(2,3)17-12(6-7-16-17)10-8-9(15)4-5-11(10)14;;/h4-5,7-8H,1-3H3;1H;/q-1;;+2/p-1. The largest absolute Gasteiger partial charge is 2.00 e. The molecule has 98 valence electrons. The zero-order valence-corrected chi connectivity index (χ0v) is 14.8. The minimum atomic E-state index is -0.266. The SMILES string of the molecule is CC(C)(C)n1nc[c-]c1-c1cc(F)ccc1Br.[Cl-].[Mg+2]. The molecule has 0 fully saturated rings. The van der Waals surface area contributed by atoms with Gasteiger partial charge in [-0.1, -0.05) is 38.2 Å². The Morgan fingerprint density at radius 3 is 2.53 bits per heavy atom. The van der Waals surface area contributed by atoms with Crippen LogP contribution < -0.4 is 12.4 Å². The van der Waals surface area contributed by atoms with Crippen molar-refractivity contribution in [3.8, 4) is 11.3 Å². The second kappa shape index (κ2) is 7.06. The van der Waals surface area contributed by atoms with Gasteiger partial charge in [-0.15, -0.1) is 5.56 Å². The maximum atomic E-state index is 13.3. The molecule has 0 unspecified atom stereocenters. The van der Waals surface area contributed by atoms with E-state index in [2.05, 4.69) is 27.1 Å². The summed E-state index contributed by atoms with van der Waals surface area (Å²) < 4.78 is 16.0. The first-order valence-corrected chi connectivity index (χ1v) is 6.10. The normalized spacial score (nSPS) is 10.6. The fourth-order valence-electron chi connectivity index (χ4n) is 1.65. The van der Waals surface area contributed by atoms with Gasteiger partial charge in [0.25, 0.3) is 0 Å². The van der Waals surface area contributed by atoms with Crippen LogP contribution in [0, 0.1) is 11.9 Å². The zero-order chi connectivity index (χ0) is 12.6. The van der Waals surface area contributed by atoms with Crippen LogP contribution in [0.25, 0.3) is 11.3 Å². The Kier molecular flexibility index (Phi) is 7.02. The Morgan fingerprint density at radius 1 is 1.32 bits per heavy atom. The number of benzene rings is 1. The van der Waals surface area contributed by atoms with Crippen molar-refractivity contribution in [1.82, 2.24) is 9.78 Å². The van der Waals surface area contributed by atoms with Gasteiger partial charge in [-0.2, -0.15) is 0 Å². The Hall–Kier alpha value is -0.104. The molecular formula is C13H13BrClFMgN2. The molecule has 2 rings (SSSR count). The summed E-state index contributed by atoms with van der Waals surface area (Å²) in [5.74, 6) is -0.266. The van der Waals surface area contributed by atoms with Crippen molar-refractivity contribution in [3.05, 3.63) is 40.8 Å². The van der Waals surface area contributed by atoms with E-state index in [4.69, 9.17) is 0 Å². The maximum Gasteiger partial charge on any atom is 2.00 e. The Morgan fingerprint density at radius 2 is 1.95 bits per heavy atom. The first-order chi connectivity index (χ1) is 7.89. The van der Waals surface area contributed by atoms with Gasteiger partial charge < -0.3 is 12.4 Å². The van der Waals surface area contributed by atoms with Gasteiger partial charge in [-0.05, 0) is 33.0 Å². The van der Waals surface area contributed by atoms with Crippen LogP contribution in [0.5, 0.6) is 0 Å². The minimum absolute atomic E-state index is 0. The number of hydrogen-bond donors (Lipinski definition) is 0. The monoisotopic (exact) mass is 354 g/mol. The molecule has 0 amide bonds. The molecule has 0 aliphatic carbocycles. The van der Waals surface area contributed by atoms with Crippen LogP contribution in [-0.2, 0) is 5.54 Å². The molecule has 0 saturated heterocycles. The van der Waals surface area contributed by atoms with E-state index in [0.717, 1.165) is 15.7 Å². The van der Waals surface area contributed by atoms with Crippen molar-refractivity contribution < 1.29 is 16.8 Å². The maximum absolute atomic E-state index is 13.3. The van der Waals surface area contributed by atoms with E-state index in [1.54, 1.807) is 12.3 Å². The zero-order valence-electron chi connectivity index (χ0n) is 11.0. The molecule has 19 heavy (non-hydrogen) atoms. The van der Waals surface area contributed by atoms with Gasteiger partial charge in [0.2, 0.25) is 0 Å². The number of rotatable bonds is 1. The quantitative estimate of drug-likeness (QED) is 0.542. The van der Waals surface area contributed by atoms with E-state index in [9.17, 15) is 4.39 Å². The third kappa shape index (κ3) is 4.18. The number of hydrogen-bond acceptors (Lipinski definition) is 1. The van der Waals surface area contributed by atoms with E-state index in [0.29, 0.717) is 0 Å². The van der Waals surface area contributed by atoms with Crippen molar-refractivity contribution in [3.63, 3.8) is 0 Å². The summed E-state index contributed by atoms with van der Waals surface area (Å²) in [6.45, 7) is 6.14. The molecule has 1 aromatic carbocycles. The van der Waals surface area contributed by atoms with E-state index < -0.39 is 0 Å². The average Bonchev–Trinajstić information content (AvgIpc) is 2.69. The second-order valence-electron chi connectivity index (χ2n) is 4.84. The molecule has 1 heterocycles. The molecule has 0 bridgehead atoms. The fourth-order valence-corrected chi connectivity index (χ4v) is 2.08. The number of halogens is 3. The molecule has 1 aromatic heterocycles. The van der Waals surface area contributed by atoms with Crippen LogP contribution in [0.1, 0.15) is 20.8 Å². The Labute approximate surface area is 143 Å². The Balaban J connectivity index is 0.00000162. The van der Waals surface area contributed by atoms with E-state index >= 15 is 0 Å². The fraction of sp³-hybridized carbons (Fsp3) is 0.308. The molecular weight excluding hydrogens is 343 g/mol. The molecule has 0 radical (unpaired) electrons. The molecule has 0 spiro atoms. The van der Waals surface area contributed by atoms with Crippen LogP contribution in [0.2, 0.25) is 0 Å². The van der Waals surface area contributed by atoms with Gasteiger partial charge in [-0.25, -0.2) is 15.6 Å². The summed E-state index contributed by atoms with van der Waals surface area (Å²) in [5.41, 5.74) is 1.38. The number of nitrogens with zero attached hydrogens (tertiary/aromatic N) is 2. The van der Waals surface area contributed by atoms with Gasteiger partial charge in [0.15, 0.2) is 0 Å². The van der Waals surface area contributed by atoms with E-state index in [1.165, 1.54) is 12.1 Å². The van der Waals surface area contributed by atoms with Crippen molar-refractivity contribution >= 4 is 39.0 Å². The first kappa shape index (κ1) is 18.9. The van der Waals surface area contributed by atoms with Crippen LogP contribution in [0.15, 0.2) is 28.9 Å². The van der Waals surface area contributed by atoms with Crippen LogP contribution in [0.3, 0.4) is 0 Å². The Bertz CT molecular complexity index is 552. The predicted octanol–water partition coefficient (Wildman–Crippen LogP) is 0.630. The molecule has 0 N–H and O–H groups in total. The summed E-state index contributed by atoms with van der Waals surface area (Å²) in [6, 6.07) is 7.65. The van der Waals surface area contributed by atoms with E-state index in [-0.39, 0.29) is 46.8 Å². The van der Waals surface area contributed by atoms with Gasteiger partial charge in [0, 0.05) is 0 Å². The first-order valence-electron chi connectivity index (χ1n) is 5.31. The molecule has 0 aliphatic rings. The predicted molar refractivity (Wildman–Crippen MR) is 74.9 cm³/mol. The molecule has 0 saturated carbocycles. The minimum Gasteiger partial charge on any atom is -1.00 e. The summed E-state index contributed by atoms with van der Waals surface area (Å²) in [6.07, 6.45) is 1.61. The average molecular weight is 356 g/mol. The molecule has 0 aliphatic heterocycles. The smallest absolute Gasteiger partial charge is 1.00 e. The van der Waals surface area contributed by atoms with Crippen LogP contribution >= 0.6 is 15.9 Å². The van der Waals surface area contributed by atoms with Gasteiger partial charge >= 0.3 is 23.1 Å². The van der Waals surface area contributed by atoms with Crippen molar-refractivity contribution in [2.45, 2.75) is 26.3 Å². The molecule has 2 aromatic rings. The summed E-state index contributed by atoms with van der Waals surface area (Å²) in [4.78, 5) is 0.